The van der Waals surface area contributed by atoms with Crippen LogP contribution in [0.5, 0.6) is 11.5 Å². The molecule has 276 valence electrons. The minimum absolute atomic E-state index is 0.0210. The van der Waals surface area contributed by atoms with E-state index in [9.17, 15) is 24.6 Å². The summed E-state index contributed by atoms with van der Waals surface area (Å²) in [5.74, 6) is -0.475. The first-order valence-electron chi connectivity index (χ1n) is 18.6. The third-order valence-corrected chi connectivity index (χ3v) is 11.4. The molecule has 0 spiro atoms. The van der Waals surface area contributed by atoms with Crippen LogP contribution < -0.4 is 20.7 Å². The van der Waals surface area contributed by atoms with Crippen LogP contribution in [0, 0.1) is 17.3 Å². The van der Waals surface area contributed by atoms with Gasteiger partial charge in [-0.05, 0) is 107 Å². The largest absolute Gasteiger partial charge is 0.504 e. The van der Waals surface area contributed by atoms with Gasteiger partial charge in [-0.3, -0.25) is 9.59 Å². The van der Waals surface area contributed by atoms with Crippen LogP contribution >= 0.6 is 0 Å². The molecule has 0 bridgehead atoms. The molecule has 11 heteroatoms. The number of benzene rings is 1. The predicted octanol–water partition coefficient (Wildman–Crippen LogP) is 4.55. The average Bonchev–Trinajstić information content (AvgIpc) is 3.08. The quantitative estimate of drug-likeness (QED) is 0.139. The number of esters is 2. The second kappa shape index (κ2) is 18.4. The van der Waals surface area contributed by atoms with E-state index in [1.54, 1.807) is 6.07 Å². The first-order chi connectivity index (χ1) is 23.6. The number of carbonyl (C=O) groups is 3. The molecule has 0 radical (unpaired) electrons. The summed E-state index contributed by atoms with van der Waals surface area (Å²) >= 11 is 0. The zero-order chi connectivity index (χ0) is 35.4. The lowest BCUT2D eigenvalue weighted by Crippen LogP contribution is -2.65. The summed E-state index contributed by atoms with van der Waals surface area (Å²) in [6.45, 7) is 5.47. The van der Waals surface area contributed by atoms with Gasteiger partial charge < -0.3 is 40.4 Å². The molecule has 3 aliphatic rings. The molecule has 6 unspecified atom stereocenters. The molecule has 2 aliphatic heterocycles. The number of likely N-dealkylation sites (N-methyl/N-ethyl adjacent to an activating group) is 1. The number of fused-ring (bicyclic) bond motifs is 1. The molecule has 49 heavy (non-hydrogen) atoms. The molecule has 3 fully saturated rings. The number of piperidine rings is 2. The predicted molar refractivity (Wildman–Crippen MR) is 187 cm³/mol. The molecule has 1 saturated carbocycles. The molecule has 11 nitrogen and oxygen atoms in total. The van der Waals surface area contributed by atoms with Crippen LogP contribution in [0.2, 0.25) is 0 Å². The Morgan fingerprint density at radius 2 is 1.86 bits per heavy atom. The smallest absolute Gasteiger partial charge is 0.332 e. The van der Waals surface area contributed by atoms with E-state index in [2.05, 4.69) is 22.9 Å². The summed E-state index contributed by atoms with van der Waals surface area (Å²) in [6, 6.07) is 5.35. The lowest BCUT2D eigenvalue weighted by atomic mass is 9.66. The van der Waals surface area contributed by atoms with Crippen molar-refractivity contribution in [1.82, 2.24) is 16.0 Å². The second-order valence-corrected chi connectivity index (χ2v) is 14.8. The minimum Gasteiger partial charge on any atom is -0.504 e. The Morgan fingerprint density at radius 1 is 1.08 bits per heavy atom. The van der Waals surface area contributed by atoms with Crippen molar-refractivity contribution in [2.75, 3.05) is 33.8 Å². The molecule has 0 aromatic heterocycles. The van der Waals surface area contributed by atoms with Crippen molar-refractivity contribution in [3.63, 3.8) is 0 Å². The summed E-state index contributed by atoms with van der Waals surface area (Å²) < 4.78 is 18.4. The molecule has 1 aromatic rings. The summed E-state index contributed by atoms with van der Waals surface area (Å²) in [7, 11) is 3.33. The molecule has 5 N–H and O–H groups in total. The molecule has 6 atom stereocenters. The Labute approximate surface area is 292 Å². The lowest BCUT2D eigenvalue weighted by molar-refractivity contribution is -0.179. The van der Waals surface area contributed by atoms with Gasteiger partial charge in [0.15, 0.2) is 11.5 Å². The van der Waals surface area contributed by atoms with Crippen molar-refractivity contribution in [3.05, 3.63) is 23.8 Å². The van der Waals surface area contributed by atoms with Gasteiger partial charge in [-0.25, -0.2) is 4.79 Å². The first-order valence-corrected chi connectivity index (χ1v) is 18.6. The summed E-state index contributed by atoms with van der Waals surface area (Å²) in [5.41, 5.74) is -0.641. The number of nitrogens with one attached hydrogen (secondary N) is 3. The van der Waals surface area contributed by atoms with Crippen LogP contribution in [0.1, 0.15) is 109 Å². The number of hydrogen-bond donors (Lipinski definition) is 5. The van der Waals surface area contributed by atoms with Gasteiger partial charge >= 0.3 is 11.9 Å². The Balaban J connectivity index is 1.76. The van der Waals surface area contributed by atoms with Crippen LogP contribution in [0.4, 0.5) is 0 Å². The highest BCUT2D eigenvalue weighted by atomic mass is 16.6. The van der Waals surface area contributed by atoms with E-state index in [4.69, 9.17) is 14.2 Å². The van der Waals surface area contributed by atoms with Gasteiger partial charge in [0.05, 0.1) is 13.2 Å². The van der Waals surface area contributed by atoms with Crippen molar-refractivity contribution in [2.24, 2.45) is 17.3 Å². The first kappa shape index (κ1) is 38.9. The van der Waals surface area contributed by atoms with E-state index < -0.39 is 29.3 Å². The van der Waals surface area contributed by atoms with E-state index >= 15 is 0 Å². The fraction of sp³-hybridized carbons (Fsp3) is 0.763. The highest BCUT2D eigenvalue weighted by Gasteiger charge is 2.54. The van der Waals surface area contributed by atoms with Gasteiger partial charge in [-0.2, -0.15) is 0 Å². The van der Waals surface area contributed by atoms with Crippen LogP contribution in [-0.4, -0.2) is 85.7 Å². The molecule has 2 saturated heterocycles. The Kier molecular flexibility index (Phi) is 14.6. The molecule has 4 rings (SSSR count). The van der Waals surface area contributed by atoms with E-state index in [1.807, 2.05) is 19.2 Å². The zero-order valence-corrected chi connectivity index (χ0v) is 30.2. The molecule has 1 aromatic carbocycles. The zero-order valence-electron chi connectivity index (χ0n) is 30.2. The van der Waals surface area contributed by atoms with Crippen molar-refractivity contribution < 1.29 is 38.8 Å². The van der Waals surface area contributed by atoms with Gasteiger partial charge in [-0.1, -0.05) is 38.7 Å². The number of aromatic hydroxyl groups is 1. The van der Waals surface area contributed by atoms with Crippen molar-refractivity contribution in [2.45, 2.75) is 134 Å². The average molecular weight is 688 g/mol. The van der Waals surface area contributed by atoms with Crippen molar-refractivity contribution >= 4 is 17.8 Å². The summed E-state index contributed by atoms with van der Waals surface area (Å²) in [5, 5.41) is 30.6. The maximum Gasteiger partial charge on any atom is 0.332 e. The Bertz CT molecular complexity index is 1240. The fourth-order valence-corrected chi connectivity index (χ4v) is 8.66. The van der Waals surface area contributed by atoms with E-state index in [0.29, 0.717) is 70.1 Å². The number of methoxy groups -OCH3 is 1. The molecule has 2 heterocycles. The van der Waals surface area contributed by atoms with Gasteiger partial charge in [0.25, 0.3) is 0 Å². The fourth-order valence-electron chi connectivity index (χ4n) is 8.66. The number of ether oxygens (including phenoxy) is 3. The third-order valence-electron chi connectivity index (χ3n) is 11.4. The normalized spacial score (nSPS) is 24.4. The van der Waals surface area contributed by atoms with Crippen molar-refractivity contribution in [1.29, 1.82) is 0 Å². The number of carbonyl (C=O) groups excluding carboxylic acids is 3. The van der Waals surface area contributed by atoms with E-state index in [1.165, 1.54) is 14.0 Å². The van der Waals surface area contributed by atoms with E-state index in [-0.39, 0.29) is 35.4 Å². The number of hydrogen-bond acceptors (Lipinski definition) is 10. The van der Waals surface area contributed by atoms with Gasteiger partial charge in [-0.15, -0.1) is 0 Å². The number of amides is 1. The molecule has 1 amide bonds. The van der Waals surface area contributed by atoms with E-state index in [0.717, 1.165) is 57.2 Å². The lowest BCUT2D eigenvalue weighted by Gasteiger charge is -2.49. The number of phenolic OH excluding ortho intramolecular Hbond substituents is 1. The molecule has 1 aliphatic carbocycles. The highest BCUT2D eigenvalue weighted by molar-refractivity contribution is 5.90. The van der Waals surface area contributed by atoms with Crippen LogP contribution in [0.3, 0.4) is 0 Å². The van der Waals surface area contributed by atoms with Gasteiger partial charge in [0, 0.05) is 31.7 Å². The maximum absolute atomic E-state index is 14.7. The third kappa shape index (κ3) is 10.1. The molecular weight excluding hydrogens is 626 g/mol. The van der Waals surface area contributed by atoms with Crippen molar-refractivity contribution in [3.8, 4) is 11.5 Å². The summed E-state index contributed by atoms with van der Waals surface area (Å²) in [4.78, 5) is 40.2. The van der Waals surface area contributed by atoms with Crippen LogP contribution in [0.15, 0.2) is 18.2 Å². The van der Waals surface area contributed by atoms with Crippen LogP contribution in [0.25, 0.3) is 0 Å². The van der Waals surface area contributed by atoms with Gasteiger partial charge in [0.2, 0.25) is 5.91 Å². The maximum atomic E-state index is 14.7. The number of aliphatic hydroxyl groups excluding tert-OH is 1. The SMILES string of the molecule is CCCCC(CCC(O)CNC)C(CC(OC(=O)C12CCCCC1CCC(=O)N2)C1(Cc2ccc(O)c(OC)c2)CCNCC1)OC(C)=O. The highest BCUT2D eigenvalue weighted by Crippen LogP contribution is 2.46. The summed E-state index contributed by atoms with van der Waals surface area (Å²) in [6.07, 6.45) is 8.88. The Morgan fingerprint density at radius 3 is 2.55 bits per heavy atom. The standard InChI is InChI=1S/C38H61N3O8/c1-5-6-9-28(12-14-30(43)25-39-3)32(48-26(2)42)23-34(49-36(46)38-17-8-7-10-29(38)13-16-35(45)41-38)37(18-20-40-21-19-37)24-27-11-15-31(44)33(22-27)47-4/h11,15,22,28-30,32,34,39-40,43-44H,5-10,12-14,16-21,23-25H2,1-4H3,(H,41,45). The second-order valence-electron chi connectivity index (χ2n) is 14.8. The topological polar surface area (TPSA) is 155 Å². The number of aliphatic hydroxyl groups is 1. The number of phenols is 1. The Hall–Kier alpha value is -2.89. The number of rotatable bonds is 18. The molecular formula is C38H61N3O8. The minimum atomic E-state index is -1.06. The monoisotopic (exact) mass is 687 g/mol. The van der Waals surface area contributed by atoms with Crippen LogP contribution in [-0.2, 0) is 30.3 Å². The van der Waals surface area contributed by atoms with Gasteiger partial charge in [0.1, 0.15) is 17.7 Å². The number of unbranched alkanes of at least 4 members (excludes halogenated alkanes) is 1.